The van der Waals surface area contributed by atoms with Crippen LogP contribution in [0.3, 0.4) is 0 Å². The van der Waals surface area contributed by atoms with Crippen molar-refractivity contribution in [2.45, 2.75) is 18.2 Å². The molecule has 0 radical (unpaired) electrons. The highest BCUT2D eigenvalue weighted by molar-refractivity contribution is 7.89. The minimum Gasteiger partial charge on any atom is -0.384 e. The molecule has 3 N–H and O–H groups in total. The third-order valence-corrected chi connectivity index (χ3v) is 3.99. The van der Waals surface area contributed by atoms with E-state index >= 15 is 0 Å². The molecule has 0 heterocycles. The summed E-state index contributed by atoms with van der Waals surface area (Å²) in [5.74, 6) is 1.41. The first-order valence-electron chi connectivity index (χ1n) is 5.34. The van der Waals surface area contributed by atoms with Crippen molar-refractivity contribution in [3.05, 3.63) is 24.3 Å². The molecule has 0 saturated heterocycles. The van der Waals surface area contributed by atoms with E-state index in [1.165, 1.54) is 12.5 Å². The fourth-order valence-electron chi connectivity index (χ4n) is 1.79. The second kappa shape index (κ2) is 4.07. The monoisotopic (exact) mass is 240 g/mol. The van der Waals surface area contributed by atoms with Crippen LogP contribution in [-0.2, 0) is 10.0 Å². The molecular weight excluding hydrogens is 224 g/mol. The summed E-state index contributed by atoms with van der Waals surface area (Å²) < 4.78 is 22.6. The summed E-state index contributed by atoms with van der Waals surface area (Å²) in [5.41, 5.74) is 0.601. The van der Waals surface area contributed by atoms with E-state index in [4.69, 9.17) is 5.14 Å². The maximum Gasteiger partial charge on any atom is 0.240 e. The van der Waals surface area contributed by atoms with Crippen molar-refractivity contribution in [2.75, 3.05) is 11.9 Å². The third kappa shape index (κ3) is 2.54. The molecule has 2 atom stereocenters. The van der Waals surface area contributed by atoms with E-state index < -0.39 is 10.0 Å². The summed E-state index contributed by atoms with van der Waals surface area (Å²) >= 11 is 0. The van der Waals surface area contributed by atoms with Crippen molar-refractivity contribution in [2.24, 2.45) is 17.0 Å². The smallest absolute Gasteiger partial charge is 0.240 e. The molecule has 2 unspecified atom stereocenters. The van der Waals surface area contributed by atoms with Crippen LogP contribution in [0.1, 0.15) is 13.3 Å². The standard InChI is InChI=1S/C11H16N2O2S/c1-8-6-9(8)7-13-10-4-2-3-5-11(10)16(12,14)15/h2-5,8-9,13H,6-7H2,1H3,(H2,12,14,15). The van der Waals surface area contributed by atoms with E-state index in [-0.39, 0.29) is 4.90 Å². The van der Waals surface area contributed by atoms with Gasteiger partial charge < -0.3 is 5.32 Å². The van der Waals surface area contributed by atoms with Gasteiger partial charge >= 0.3 is 0 Å². The largest absolute Gasteiger partial charge is 0.384 e. The Hall–Kier alpha value is -1.07. The lowest BCUT2D eigenvalue weighted by Gasteiger charge is -2.09. The predicted octanol–water partition coefficient (Wildman–Crippen LogP) is 1.40. The van der Waals surface area contributed by atoms with Gasteiger partial charge in [-0.1, -0.05) is 19.1 Å². The zero-order valence-corrected chi connectivity index (χ0v) is 10.00. The Labute approximate surface area is 95.9 Å². The predicted molar refractivity (Wildman–Crippen MR) is 63.6 cm³/mol. The van der Waals surface area contributed by atoms with Gasteiger partial charge in [0.25, 0.3) is 0 Å². The van der Waals surface area contributed by atoms with E-state index in [0.717, 1.165) is 12.5 Å². The molecule has 88 valence electrons. The van der Waals surface area contributed by atoms with E-state index in [0.29, 0.717) is 11.6 Å². The average molecular weight is 240 g/mol. The Balaban J connectivity index is 2.14. The normalized spacial score (nSPS) is 24.1. The van der Waals surface area contributed by atoms with Crippen LogP contribution in [0, 0.1) is 11.8 Å². The Morgan fingerprint density at radius 2 is 2.06 bits per heavy atom. The Morgan fingerprint density at radius 1 is 1.44 bits per heavy atom. The highest BCUT2D eigenvalue weighted by Crippen LogP contribution is 2.37. The van der Waals surface area contributed by atoms with Gasteiger partial charge in [0.05, 0.1) is 5.69 Å². The number of hydrogen-bond acceptors (Lipinski definition) is 3. The van der Waals surface area contributed by atoms with Gasteiger partial charge in [-0.15, -0.1) is 0 Å². The number of para-hydroxylation sites is 1. The molecule has 5 heteroatoms. The number of anilines is 1. The summed E-state index contributed by atoms with van der Waals surface area (Å²) in [5, 5.41) is 8.29. The molecule has 1 aromatic rings. The molecule has 1 aromatic carbocycles. The maximum atomic E-state index is 11.3. The number of rotatable bonds is 4. The van der Waals surface area contributed by atoms with Crippen LogP contribution in [0.25, 0.3) is 0 Å². The second-order valence-corrected chi connectivity index (χ2v) is 5.92. The minimum atomic E-state index is -3.64. The SMILES string of the molecule is CC1CC1CNc1ccccc1S(N)(=O)=O. The topological polar surface area (TPSA) is 72.2 Å². The number of primary sulfonamides is 1. The highest BCUT2D eigenvalue weighted by atomic mass is 32.2. The number of nitrogens with two attached hydrogens (primary N) is 1. The van der Waals surface area contributed by atoms with Crippen molar-refractivity contribution < 1.29 is 8.42 Å². The van der Waals surface area contributed by atoms with Crippen LogP contribution in [0.5, 0.6) is 0 Å². The van der Waals surface area contributed by atoms with Gasteiger partial charge in [-0.25, -0.2) is 13.6 Å². The fraction of sp³-hybridized carbons (Fsp3) is 0.455. The summed E-state index contributed by atoms with van der Waals surface area (Å²) in [4.78, 5) is 0.170. The molecule has 0 bridgehead atoms. The van der Waals surface area contributed by atoms with Crippen molar-refractivity contribution in [1.29, 1.82) is 0 Å². The van der Waals surface area contributed by atoms with E-state index in [9.17, 15) is 8.42 Å². The first-order valence-corrected chi connectivity index (χ1v) is 6.89. The van der Waals surface area contributed by atoms with Gasteiger partial charge in [0.15, 0.2) is 0 Å². The molecule has 1 saturated carbocycles. The van der Waals surface area contributed by atoms with Gasteiger partial charge in [-0.3, -0.25) is 0 Å². The number of nitrogens with one attached hydrogen (secondary N) is 1. The van der Waals surface area contributed by atoms with Crippen molar-refractivity contribution >= 4 is 15.7 Å². The first kappa shape index (κ1) is 11.4. The number of sulfonamides is 1. The first-order chi connectivity index (χ1) is 7.48. The van der Waals surface area contributed by atoms with Crippen LogP contribution in [-0.4, -0.2) is 15.0 Å². The lowest BCUT2D eigenvalue weighted by atomic mass is 10.3. The lowest BCUT2D eigenvalue weighted by Crippen LogP contribution is -2.15. The highest BCUT2D eigenvalue weighted by Gasteiger charge is 2.32. The average Bonchev–Trinajstić information content (AvgIpc) is 2.91. The lowest BCUT2D eigenvalue weighted by molar-refractivity contribution is 0.598. The number of hydrogen-bond donors (Lipinski definition) is 2. The van der Waals surface area contributed by atoms with E-state index in [2.05, 4.69) is 12.2 Å². The molecule has 0 aromatic heterocycles. The molecule has 0 spiro atoms. The van der Waals surface area contributed by atoms with Gasteiger partial charge in [0.2, 0.25) is 10.0 Å². The minimum absolute atomic E-state index is 0.170. The zero-order chi connectivity index (χ0) is 11.8. The van der Waals surface area contributed by atoms with E-state index in [1.54, 1.807) is 18.2 Å². The van der Waals surface area contributed by atoms with Crippen molar-refractivity contribution in [1.82, 2.24) is 0 Å². The molecule has 16 heavy (non-hydrogen) atoms. The Kier molecular flexibility index (Phi) is 2.90. The molecule has 0 aliphatic heterocycles. The molecule has 2 rings (SSSR count). The molecular formula is C11H16N2O2S. The number of benzene rings is 1. The summed E-state index contributed by atoms with van der Waals surface area (Å²) in [6.07, 6.45) is 1.21. The van der Waals surface area contributed by atoms with Gasteiger partial charge in [-0.2, -0.15) is 0 Å². The van der Waals surface area contributed by atoms with Gasteiger partial charge in [0.1, 0.15) is 4.90 Å². The fourth-order valence-corrected chi connectivity index (χ4v) is 2.50. The molecule has 0 amide bonds. The second-order valence-electron chi connectivity index (χ2n) is 4.40. The van der Waals surface area contributed by atoms with Crippen LogP contribution >= 0.6 is 0 Å². The van der Waals surface area contributed by atoms with Crippen molar-refractivity contribution in [3.63, 3.8) is 0 Å². The summed E-state index contributed by atoms with van der Waals surface area (Å²) in [6, 6.07) is 6.73. The van der Waals surface area contributed by atoms with Crippen LogP contribution in [0.2, 0.25) is 0 Å². The van der Waals surface area contributed by atoms with Gasteiger partial charge in [0, 0.05) is 6.54 Å². The zero-order valence-electron chi connectivity index (χ0n) is 9.18. The van der Waals surface area contributed by atoms with Crippen LogP contribution < -0.4 is 10.5 Å². The molecule has 1 fully saturated rings. The third-order valence-electron chi connectivity index (χ3n) is 3.02. The van der Waals surface area contributed by atoms with Crippen LogP contribution in [0.4, 0.5) is 5.69 Å². The maximum absolute atomic E-state index is 11.3. The molecule has 1 aliphatic rings. The summed E-state index contributed by atoms with van der Waals surface area (Å²) in [6.45, 7) is 3.01. The quantitative estimate of drug-likeness (QED) is 0.835. The van der Waals surface area contributed by atoms with Crippen molar-refractivity contribution in [3.8, 4) is 0 Å². The molecule has 1 aliphatic carbocycles. The Morgan fingerprint density at radius 3 is 2.62 bits per heavy atom. The van der Waals surface area contributed by atoms with Gasteiger partial charge in [-0.05, 0) is 30.4 Å². The van der Waals surface area contributed by atoms with Crippen LogP contribution in [0.15, 0.2) is 29.2 Å². The Bertz CT molecular complexity index is 485. The van der Waals surface area contributed by atoms with E-state index in [1.807, 2.05) is 0 Å². The molecule has 4 nitrogen and oxygen atoms in total. The summed E-state index contributed by atoms with van der Waals surface area (Å²) in [7, 11) is -3.64.